The summed E-state index contributed by atoms with van der Waals surface area (Å²) in [5.74, 6) is 0.911. The molecular formula is C16H28ClN5. The van der Waals surface area contributed by atoms with Gasteiger partial charge in [-0.1, -0.05) is 11.6 Å². The number of likely N-dealkylation sites (N-methyl/N-ethyl adjacent to an activating group) is 1. The lowest BCUT2D eigenvalue weighted by Crippen LogP contribution is -2.45. The van der Waals surface area contributed by atoms with Gasteiger partial charge in [0.15, 0.2) is 5.96 Å². The molecule has 2 rings (SSSR count). The van der Waals surface area contributed by atoms with Gasteiger partial charge in [-0.15, -0.1) is 0 Å². The minimum absolute atomic E-state index is 0.502. The molecule has 1 saturated carbocycles. The minimum Gasteiger partial charge on any atom is -0.355 e. The van der Waals surface area contributed by atoms with E-state index in [2.05, 4.69) is 38.6 Å². The zero-order valence-electron chi connectivity index (χ0n) is 14.3. The zero-order chi connectivity index (χ0) is 16.3. The molecule has 0 spiro atoms. The summed E-state index contributed by atoms with van der Waals surface area (Å²) in [7, 11) is 8.10. The SMILES string of the molecule is CN=C(NCC(C)N(C)C1CC1)N(C)Cc1cc(Cl)cn1C. The van der Waals surface area contributed by atoms with Crippen molar-refractivity contribution in [2.75, 3.05) is 27.7 Å². The van der Waals surface area contributed by atoms with Crippen LogP contribution in [0.1, 0.15) is 25.5 Å². The third-order valence-electron chi connectivity index (χ3n) is 4.42. The lowest BCUT2D eigenvalue weighted by atomic mass is 10.3. The first kappa shape index (κ1) is 17.2. The smallest absolute Gasteiger partial charge is 0.193 e. The number of aromatic nitrogens is 1. The molecule has 1 N–H and O–H groups in total. The van der Waals surface area contributed by atoms with Gasteiger partial charge in [-0.2, -0.15) is 0 Å². The van der Waals surface area contributed by atoms with Crippen LogP contribution in [0.4, 0.5) is 0 Å². The predicted octanol–water partition coefficient (Wildman–Crippen LogP) is 2.17. The number of aryl methyl sites for hydroxylation is 1. The molecule has 1 unspecified atom stereocenters. The second-order valence-corrected chi connectivity index (χ2v) is 6.73. The molecule has 1 aliphatic rings. The van der Waals surface area contributed by atoms with Crippen molar-refractivity contribution in [3.63, 3.8) is 0 Å². The van der Waals surface area contributed by atoms with Gasteiger partial charge >= 0.3 is 0 Å². The van der Waals surface area contributed by atoms with Gasteiger partial charge in [0.2, 0.25) is 0 Å². The van der Waals surface area contributed by atoms with E-state index in [-0.39, 0.29) is 0 Å². The number of halogens is 1. The second kappa shape index (κ2) is 7.38. The van der Waals surface area contributed by atoms with Gasteiger partial charge in [-0.05, 0) is 32.9 Å². The molecule has 124 valence electrons. The first-order chi connectivity index (χ1) is 10.4. The Balaban J connectivity index is 1.86. The Bertz CT molecular complexity index is 521. The molecule has 1 atom stereocenters. The van der Waals surface area contributed by atoms with E-state index in [4.69, 9.17) is 11.6 Å². The molecular weight excluding hydrogens is 298 g/mol. The molecule has 1 fully saturated rings. The van der Waals surface area contributed by atoms with Crippen LogP contribution in [0.5, 0.6) is 0 Å². The lowest BCUT2D eigenvalue weighted by Gasteiger charge is -2.28. The fourth-order valence-corrected chi connectivity index (χ4v) is 2.92. The Labute approximate surface area is 138 Å². The molecule has 1 heterocycles. The first-order valence-corrected chi connectivity index (χ1v) is 8.24. The Morgan fingerprint density at radius 3 is 2.68 bits per heavy atom. The maximum absolute atomic E-state index is 6.04. The van der Waals surface area contributed by atoms with Crippen molar-refractivity contribution in [3.05, 3.63) is 23.0 Å². The van der Waals surface area contributed by atoms with Crippen molar-refractivity contribution in [3.8, 4) is 0 Å². The number of hydrogen-bond donors (Lipinski definition) is 1. The molecule has 22 heavy (non-hydrogen) atoms. The van der Waals surface area contributed by atoms with E-state index in [0.29, 0.717) is 6.04 Å². The summed E-state index contributed by atoms with van der Waals surface area (Å²) in [6.45, 7) is 3.93. The number of rotatable bonds is 6. The quantitative estimate of drug-likeness (QED) is 0.643. The molecule has 1 aromatic heterocycles. The van der Waals surface area contributed by atoms with E-state index in [1.54, 1.807) is 0 Å². The van der Waals surface area contributed by atoms with E-state index < -0.39 is 0 Å². The molecule has 6 heteroatoms. The van der Waals surface area contributed by atoms with Gasteiger partial charge in [0.25, 0.3) is 0 Å². The van der Waals surface area contributed by atoms with Crippen LogP contribution >= 0.6 is 11.6 Å². The van der Waals surface area contributed by atoms with Gasteiger partial charge in [-0.3, -0.25) is 9.89 Å². The standard InChI is InChI=1S/C16H28ClN5/c1-12(22(5)14-6-7-14)9-19-16(18-2)21(4)11-15-8-13(17)10-20(15)3/h8,10,12,14H,6-7,9,11H2,1-5H3,(H,18,19). The molecule has 0 aliphatic heterocycles. The molecule has 0 aromatic carbocycles. The molecule has 0 saturated heterocycles. The average molecular weight is 326 g/mol. The highest BCUT2D eigenvalue weighted by Crippen LogP contribution is 2.26. The van der Waals surface area contributed by atoms with Gasteiger partial charge in [0, 0.05) is 51.7 Å². The minimum atomic E-state index is 0.502. The fourth-order valence-electron chi connectivity index (χ4n) is 2.65. The van der Waals surface area contributed by atoms with E-state index >= 15 is 0 Å². The van der Waals surface area contributed by atoms with Crippen molar-refractivity contribution in [1.29, 1.82) is 0 Å². The van der Waals surface area contributed by atoms with Gasteiger partial charge in [-0.25, -0.2) is 0 Å². The average Bonchev–Trinajstić information content (AvgIpc) is 3.26. The Morgan fingerprint density at radius 1 is 1.50 bits per heavy atom. The van der Waals surface area contributed by atoms with Gasteiger partial charge in [0.1, 0.15) is 0 Å². The summed E-state index contributed by atoms with van der Waals surface area (Å²) < 4.78 is 2.05. The Morgan fingerprint density at radius 2 is 2.18 bits per heavy atom. The summed E-state index contributed by atoms with van der Waals surface area (Å²) in [5, 5.41) is 4.24. The normalized spacial score (nSPS) is 17.0. The topological polar surface area (TPSA) is 35.8 Å². The summed E-state index contributed by atoms with van der Waals surface area (Å²) in [4.78, 5) is 8.96. The summed E-state index contributed by atoms with van der Waals surface area (Å²) >= 11 is 6.04. The number of nitrogens with one attached hydrogen (secondary N) is 1. The molecule has 0 radical (unpaired) electrons. The van der Waals surface area contributed by atoms with Crippen molar-refractivity contribution in [2.24, 2.45) is 12.0 Å². The highest BCUT2D eigenvalue weighted by atomic mass is 35.5. The van der Waals surface area contributed by atoms with Crippen molar-refractivity contribution in [2.45, 2.75) is 38.4 Å². The largest absolute Gasteiger partial charge is 0.355 e. The number of nitrogens with zero attached hydrogens (tertiary/aromatic N) is 4. The Kier molecular flexibility index (Phi) is 5.75. The van der Waals surface area contributed by atoms with Crippen molar-refractivity contribution >= 4 is 17.6 Å². The third-order valence-corrected chi connectivity index (χ3v) is 4.63. The monoisotopic (exact) mass is 325 g/mol. The van der Waals surface area contributed by atoms with Crippen LogP contribution in [-0.4, -0.2) is 60.1 Å². The van der Waals surface area contributed by atoms with Crippen LogP contribution in [0.3, 0.4) is 0 Å². The first-order valence-electron chi connectivity index (χ1n) is 7.86. The van der Waals surface area contributed by atoms with E-state index in [0.717, 1.165) is 30.1 Å². The third kappa shape index (κ3) is 4.40. The van der Waals surface area contributed by atoms with Gasteiger partial charge < -0.3 is 14.8 Å². The Hall–Kier alpha value is -1.20. The van der Waals surface area contributed by atoms with Crippen molar-refractivity contribution in [1.82, 2.24) is 19.7 Å². The van der Waals surface area contributed by atoms with E-state index in [1.807, 2.05) is 33.4 Å². The fraction of sp³-hybridized carbons (Fsp3) is 0.688. The van der Waals surface area contributed by atoms with Crippen molar-refractivity contribution < 1.29 is 0 Å². The highest BCUT2D eigenvalue weighted by Gasteiger charge is 2.29. The molecule has 1 aliphatic carbocycles. The summed E-state index contributed by atoms with van der Waals surface area (Å²) in [5.41, 5.74) is 1.17. The van der Waals surface area contributed by atoms with Crippen LogP contribution in [0.15, 0.2) is 17.3 Å². The summed E-state index contributed by atoms with van der Waals surface area (Å²) in [6.07, 6.45) is 4.60. The second-order valence-electron chi connectivity index (χ2n) is 6.29. The van der Waals surface area contributed by atoms with E-state index in [9.17, 15) is 0 Å². The van der Waals surface area contributed by atoms with Gasteiger partial charge in [0.05, 0.1) is 11.6 Å². The van der Waals surface area contributed by atoms with Crippen LogP contribution in [-0.2, 0) is 13.6 Å². The van der Waals surface area contributed by atoms with Crippen LogP contribution in [0, 0.1) is 0 Å². The zero-order valence-corrected chi connectivity index (χ0v) is 15.1. The number of guanidine groups is 1. The molecule has 5 nitrogen and oxygen atoms in total. The number of hydrogen-bond acceptors (Lipinski definition) is 2. The maximum Gasteiger partial charge on any atom is 0.193 e. The summed E-state index contributed by atoms with van der Waals surface area (Å²) in [6, 6.07) is 3.28. The lowest BCUT2D eigenvalue weighted by molar-refractivity contribution is 0.246. The van der Waals surface area contributed by atoms with Crippen LogP contribution in [0.25, 0.3) is 0 Å². The maximum atomic E-state index is 6.04. The van der Waals surface area contributed by atoms with Crippen LogP contribution in [0.2, 0.25) is 5.02 Å². The van der Waals surface area contributed by atoms with Crippen LogP contribution < -0.4 is 5.32 Å². The van der Waals surface area contributed by atoms with E-state index in [1.165, 1.54) is 18.5 Å². The molecule has 0 bridgehead atoms. The molecule has 0 amide bonds. The highest BCUT2D eigenvalue weighted by molar-refractivity contribution is 6.30. The number of aliphatic imine (C=N–C) groups is 1. The predicted molar refractivity (Wildman–Crippen MR) is 93.5 cm³/mol. The molecule has 1 aromatic rings.